The SMILES string of the molecule is CCCC(C)NC(=O)C1N([C@@H](CC)CO)C(=O)[C@@H]2[C@@H](C(=O)Nc3ccc(OCC)cc3)[C@H]3CC(C)C12S3. The number of thioether (sulfide) groups is 1. The van der Waals surface area contributed by atoms with E-state index in [-0.39, 0.29) is 41.5 Å². The van der Waals surface area contributed by atoms with Crippen LogP contribution < -0.4 is 15.4 Å². The molecule has 0 aliphatic carbocycles. The van der Waals surface area contributed by atoms with Crippen molar-refractivity contribution >= 4 is 35.2 Å². The molecule has 3 saturated heterocycles. The number of benzene rings is 1. The van der Waals surface area contributed by atoms with Gasteiger partial charge in [0.25, 0.3) is 0 Å². The van der Waals surface area contributed by atoms with E-state index in [1.807, 2.05) is 32.9 Å². The standard InChI is InChI=1S/C28H41N3O5S/c1-6-9-17(5)29-26(34)24-28-16(4)14-21(37-28)22(23(28)27(35)31(24)19(7-2)15-32)25(33)30-18-10-12-20(13-11-18)36-8-3/h10-13,16-17,19,21-24,32H,6-9,14-15H2,1-5H3,(H,29,34)(H,30,33)/t16?,17?,19-,21+,22-,23-,24?,28?/m0/s1. The zero-order valence-electron chi connectivity index (χ0n) is 22.5. The number of fused-ring (bicyclic) bond motifs is 1. The van der Waals surface area contributed by atoms with E-state index in [1.165, 1.54) is 0 Å². The number of aliphatic hydroxyl groups is 1. The molecule has 1 aromatic carbocycles. The van der Waals surface area contributed by atoms with Gasteiger partial charge in [-0.1, -0.05) is 27.2 Å². The number of amides is 3. The quantitative estimate of drug-likeness (QED) is 0.404. The van der Waals surface area contributed by atoms with Gasteiger partial charge in [0.15, 0.2) is 0 Å². The van der Waals surface area contributed by atoms with Gasteiger partial charge < -0.3 is 25.4 Å². The molecule has 0 radical (unpaired) electrons. The molecule has 1 aromatic rings. The Hall–Kier alpha value is -2.26. The molecule has 0 saturated carbocycles. The summed E-state index contributed by atoms with van der Waals surface area (Å²) in [5.74, 6) is -0.868. The molecule has 8 nitrogen and oxygen atoms in total. The number of hydrogen-bond acceptors (Lipinski definition) is 6. The summed E-state index contributed by atoms with van der Waals surface area (Å²) >= 11 is 1.65. The smallest absolute Gasteiger partial charge is 0.244 e. The molecule has 9 heteroatoms. The Balaban J connectivity index is 1.66. The van der Waals surface area contributed by atoms with Gasteiger partial charge in [-0.2, -0.15) is 0 Å². The molecular formula is C28H41N3O5S. The van der Waals surface area contributed by atoms with Crippen LogP contribution in [0.2, 0.25) is 0 Å². The van der Waals surface area contributed by atoms with Gasteiger partial charge in [-0.15, -0.1) is 11.8 Å². The van der Waals surface area contributed by atoms with Crippen LogP contribution in [0.15, 0.2) is 24.3 Å². The van der Waals surface area contributed by atoms with E-state index in [2.05, 4.69) is 24.5 Å². The molecule has 3 N–H and O–H groups in total. The molecule has 3 amide bonds. The minimum atomic E-state index is -0.713. The first-order chi connectivity index (χ1) is 17.7. The minimum absolute atomic E-state index is 0.0169. The zero-order valence-corrected chi connectivity index (χ0v) is 23.3. The number of anilines is 1. The third kappa shape index (κ3) is 4.73. The largest absolute Gasteiger partial charge is 0.494 e. The van der Waals surface area contributed by atoms with E-state index in [4.69, 9.17) is 4.74 Å². The highest BCUT2D eigenvalue weighted by molar-refractivity contribution is 8.02. The van der Waals surface area contributed by atoms with Crippen LogP contribution in [0.3, 0.4) is 0 Å². The van der Waals surface area contributed by atoms with Crippen LogP contribution in [0.1, 0.15) is 60.3 Å². The molecule has 4 unspecified atom stereocenters. The molecule has 3 heterocycles. The van der Waals surface area contributed by atoms with Gasteiger partial charge in [-0.25, -0.2) is 0 Å². The maximum atomic E-state index is 14.1. The average molecular weight is 532 g/mol. The first-order valence-electron chi connectivity index (χ1n) is 13.7. The van der Waals surface area contributed by atoms with E-state index in [9.17, 15) is 19.5 Å². The summed E-state index contributed by atoms with van der Waals surface area (Å²) < 4.78 is 4.80. The van der Waals surface area contributed by atoms with Crippen molar-refractivity contribution in [1.29, 1.82) is 0 Å². The number of carbonyl (C=O) groups excluding carboxylic acids is 3. The van der Waals surface area contributed by atoms with Gasteiger partial charge in [0.1, 0.15) is 11.8 Å². The van der Waals surface area contributed by atoms with Gasteiger partial charge in [0.2, 0.25) is 17.7 Å². The number of ether oxygens (including phenoxy) is 1. The maximum absolute atomic E-state index is 14.1. The number of aliphatic hydroxyl groups excluding tert-OH is 1. The topological polar surface area (TPSA) is 108 Å². The van der Waals surface area contributed by atoms with E-state index in [0.29, 0.717) is 18.7 Å². The molecule has 3 aliphatic heterocycles. The lowest BCUT2D eigenvalue weighted by Crippen LogP contribution is -2.59. The molecule has 204 valence electrons. The molecule has 3 aliphatic rings. The maximum Gasteiger partial charge on any atom is 0.244 e. The van der Waals surface area contributed by atoms with Crippen LogP contribution in [0.25, 0.3) is 0 Å². The van der Waals surface area contributed by atoms with Crippen molar-refractivity contribution in [3.05, 3.63) is 24.3 Å². The normalized spacial score (nSPS) is 31.7. The Morgan fingerprint density at radius 2 is 1.92 bits per heavy atom. The third-order valence-corrected chi connectivity index (χ3v) is 10.4. The van der Waals surface area contributed by atoms with Crippen molar-refractivity contribution in [3.63, 3.8) is 0 Å². The lowest BCUT2D eigenvalue weighted by atomic mass is 9.65. The Labute approximate surface area is 224 Å². The zero-order chi connectivity index (χ0) is 26.9. The highest BCUT2D eigenvalue weighted by atomic mass is 32.2. The van der Waals surface area contributed by atoms with Gasteiger partial charge in [-0.05, 0) is 63.3 Å². The number of hydrogen-bond donors (Lipinski definition) is 3. The van der Waals surface area contributed by atoms with Crippen molar-refractivity contribution in [3.8, 4) is 5.75 Å². The van der Waals surface area contributed by atoms with Gasteiger partial charge in [0.05, 0.1) is 35.8 Å². The van der Waals surface area contributed by atoms with Gasteiger partial charge in [0, 0.05) is 17.0 Å². The number of likely N-dealkylation sites (tertiary alicyclic amines) is 1. The fourth-order valence-corrected chi connectivity index (χ4v) is 9.13. The summed E-state index contributed by atoms with van der Waals surface area (Å²) in [7, 11) is 0. The molecule has 1 spiro atoms. The van der Waals surface area contributed by atoms with Crippen LogP contribution in [0.5, 0.6) is 5.75 Å². The predicted octanol–water partition coefficient (Wildman–Crippen LogP) is 3.44. The van der Waals surface area contributed by atoms with E-state index in [1.54, 1.807) is 28.8 Å². The molecule has 8 atom stereocenters. The fraction of sp³-hybridized carbons (Fsp3) is 0.679. The first kappa shape index (κ1) is 27.8. The molecule has 3 fully saturated rings. The van der Waals surface area contributed by atoms with Crippen molar-refractivity contribution < 1.29 is 24.2 Å². The fourth-order valence-electron chi connectivity index (χ4n) is 6.72. The Morgan fingerprint density at radius 1 is 1.22 bits per heavy atom. The summed E-state index contributed by atoms with van der Waals surface area (Å²) in [5, 5.41) is 16.3. The number of nitrogens with one attached hydrogen (secondary N) is 2. The van der Waals surface area contributed by atoms with E-state index in [0.717, 1.165) is 25.0 Å². The van der Waals surface area contributed by atoms with Crippen LogP contribution in [0, 0.1) is 17.8 Å². The highest BCUT2D eigenvalue weighted by Gasteiger charge is 2.76. The third-order valence-electron chi connectivity index (χ3n) is 8.35. The lowest BCUT2D eigenvalue weighted by Gasteiger charge is -2.40. The van der Waals surface area contributed by atoms with Crippen molar-refractivity contribution in [2.45, 2.75) is 88.4 Å². The Kier molecular flexibility index (Phi) is 8.43. The molecule has 0 aromatic heterocycles. The summed E-state index contributed by atoms with van der Waals surface area (Å²) in [5.41, 5.74) is 0.648. The summed E-state index contributed by atoms with van der Waals surface area (Å²) in [4.78, 5) is 43.3. The molecule has 4 rings (SSSR count). The van der Waals surface area contributed by atoms with Crippen LogP contribution >= 0.6 is 11.8 Å². The monoisotopic (exact) mass is 531 g/mol. The highest BCUT2D eigenvalue weighted by Crippen LogP contribution is 2.68. The van der Waals surface area contributed by atoms with Crippen LogP contribution in [-0.4, -0.2) is 69.1 Å². The van der Waals surface area contributed by atoms with Gasteiger partial charge >= 0.3 is 0 Å². The van der Waals surface area contributed by atoms with Crippen molar-refractivity contribution in [2.24, 2.45) is 17.8 Å². The molecule has 37 heavy (non-hydrogen) atoms. The van der Waals surface area contributed by atoms with Crippen molar-refractivity contribution in [1.82, 2.24) is 10.2 Å². The summed E-state index contributed by atoms with van der Waals surface area (Å²) in [6.07, 6.45) is 3.09. The Bertz CT molecular complexity index is 1000. The lowest BCUT2D eigenvalue weighted by molar-refractivity contribution is -0.142. The van der Waals surface area contributed by atoms with Crippen LogP contribution in [-0.2, 0) is 14.4 Å². The van der Waals surface area contributed by atoms with Crippen LogP contribution in [0.4, 0.5) is 5.69 Å². The molecule has 2 bridgehead atoms. The minimum Gasteiger partial charge on any atom is -0.494 e. The van der Waals surface area contributed by atoms with E-state index < -0.39 is 28.7 Å². The number of nitrogens with zero attached hydrogens (tertiary/aromatic N) is 1. The summed E-state index contributed by atoms with van der Waals surface area (Å²) in [6, 6.07) is 6.03. The summed E-state index contributed by atoms with van der Waals surface area (Å²) in [6.45, 7) is 10.3. The average Bonchev–Trinajstić information content (AvgIpc) is 3.45. The van der Waals surface area contributed by atoms with E-state index >= 15 is 0 Å². The Morgan fingerprint density at radius 3 is 2.51 bits per heavy atom. The predicted molar refractivity (Wildman–Crippen MR) is 145 cm³/mol. The second-order valence-electron chi connectivity index (χ2n) is 10.7. The molecular weight excluding hydrogens is 490 g/mol. The van der Waals surface area contributed by atoms with Gasteiger partial charge in [-0.3, -0.25) is 14.4 Å². The second-order valence-corrected chi connectivity index (χ2v) is 12.2. The number of carbonyl (C=O) groups is 3. The number of rotatable bonds is 11. The second kappa shape index (κ2) is 11.2. The first-order valence-corrected chi connectivity index (χ1v) is 14.6. The van der Waals surface area contributed by atoms with Crippen molar-refractivity contribution in [2.75, 3.05) is 18.5 Å².